The van der Waals surface area contributed by atoms with Crippen LogP contribution in [0.3, 0.4) is 0 Å². The predicted octanol–water partition coefficient (Wildman–Crippen LogP) is 2.31. The maximum absolute atomic E-state index is 12.2. The zero-order valence-corrected chi connectivity index (χ0v) is 11.8. The molecule has 104 valence electrons. The minimum absolute atomic E-state index is 0.0603. The molecule has 2 rings (SSSR count). The van der Waals surface area contributed by atoms with Gasteiger partial charge in [0.1, 0.15) is 0 Å². The lowest BCUT2D eigenvalue weighted by atomic mass is 10.0. The minimum atomic E-state index is -0.825. The quantitative estimate of drug-likeness (QED) is 0.894. The molecule has 2 amide bonds. The number of hydrogen-bond donors (Lipinski definition) is 2. The Kier molecular flexibility index (Phi) is 4.09. The molecule has 0 aliphatic carbocycles. The van der Waals surface area contributed by atoms with Crippen LogP contribution in [0, 0.1) is 5.92 Å². The second-order valence-corrected chi connectivity index (χ2v) is 5.68. The highest BCUT2D eigenvalue weighted by atomic mass is 32.1. The van der Waals surface area contributed by atoms with Crippen molar-refractivity contribution in [1.82, 2.24) is 10.2 Å². The molecule has 0 spiro atoms. The number of amides is 2. The molecule has 2 heterocycles. The Hall–Kier alpha value is -1.56. The van der Waals surface area contributed by atoms with Gasteiger partial charge in [0.25, 0.3) is 0 Å². The van der Waals surface area contributed by atoms with E-state index in [-0.39, 0.29) is 18.1 Å². The lowest BCUT2D eigenvalue weighted by molar-refractivity contribution is -0.142. The third kappa shape index (κ3) is 2.89. The Morgan fingerprint density at radius 2 is 2.32 bits per heavy atom. The molecule has 0 aromatic carbocycles. The van der Waals surface area contributed by atoms with Crippen LogP contribution in [0.2, 0.25) is 0 Å². The molecule has 0 bridgehead atoms. The van der Waals surface area contributed by atoms with E-state index in [1.165, 1.54) is 0 Å². The van der Waals surface area contributed by atoms with Gasteiger partial charge in [-0.3, -0.25) is 4.79 Å². The summed E-state index contributed by atoms with van der Waals surface area (Å²) in [6, 6.07) is 1.47. The number of carboxylic acids is 1. The monoisotopic (exact) mass is 282 g/mol. The lowest BCUT2D eigenvalue weighted by Gasteiger charge is -2.25. The number of rotatable bonds is 3. The number of carbonyl (C=O) groups excluding carboxylic acids is 1. The summed E-state index contributed by atoms with van der Waals surface area (Å²) in [5, 5.41) is 15.9. The first-order chi connectivity index (χ1) is 9.00. The molecule has 1 aliphatic rings. The number of aliphatic carboxylic acids is 1. The van der Waals surface area contributed by atoms with E-state index >= 15 is 0 Å². The molecular weight excluding hydrogens is 264 g/mol. The number of nitrogens with zero attached hydrogens (tertiary/aromatic N) is 1. The summed E-state index contributed by atoms with van der Waals surface area (Å²) in [6.07, 6.45) is 0.525. The van der Waals surface area contributed by atoms with Crippen LogP contribution in [0.25, 0.3) is 0 Å². The van der Waals surface area contributed by atoms with Crippen molar-refractivity contribution in [3.8, 4) is 0 Å². The Bertz CT molecular complexity index is 460. The maximum atomic E-state index is 12.2. The van der Waals surface area contributed by atoms with Crippen molar-refractivity contribution in [3.05, 3.63) is 22.4 Å². The summed E-state index contributed by atoms with van der Waals surface area (Å²) in [5.74, 6) is -1.28. The number of likely N-dealkylation sites (tertiary alicyclic amines) is 1. The van der Waals surface area contributed by atoms with E-state index < -0.39 is 11.9 Å². The van der Waals surface area contributed by atoms with Crippen molar-refractivity contribution in [2.45, 2.75) is 32.4 Å². The van der Waals surface area contributed by atoms with Gasteiger partial charge in [0.05, 0.1) is 12.0 Å². The Labute approximate surface area is 116 Å². The van der Waals surface area contributed by atoms with Gasteiger partial charge in [-0.1, -0.05) is 0 Å². The van der Waals surface area contributed by atoms with Gasteiger partial charge < -0.3 is 15.3 Å². The number of nitrogens with one attached hydrogen (secondary N) is 1. The zero-order chi connectivity index (χ0) is 14.0. The van der Waals surface area contributed by atoms with Gasteiger partial charge in [-0.2, -0.15) is 11.3 Å². The zero-order valence-electron chi connectivity index (χ0n) is 11.0. The van der Waals surface area contributed by atoms with Gasteiger partial charge in [0.15, 0.2) is 0 Å². The SMILES string of the molecule is CC(NC(=O)N1CCC(C(=O)O)C1C)c1ccsc1. The number of thiophene rings is 1. The summed E-state index contributed by atoms with van der Waals surface area (Å²) < 4.78 is 0. The molecule has 1 aromatic rings. The van der Waals surface area contributed by atoms with Gasteiger partial charge in [-0.25, -0.2) is 4.79 Å². The van der Waals surface area contributed by atoms with Crippen molar-refractivity contribution < 1.29 is 14.7 Å². The molecule has 0 radical (unpaired) electrons. The van der Waals surface area contributed by atoms with Gasteiger partial charge in [-0.05, 0) is 42.7 Å². The normalized spacial score (nSPS) is 24.2. The summed E-state index contributed by atoms with van der Waals surface area (Å²) in [5.41, 5.74) is 1.07. The average molecular weight is 282 g/mol. The molecule has 3 unspecified atom stereocenters. The van der Waals surface area contributed by atoms with E-state index in [1.807, 2.05) is 23.8 Å². The van der Waals surface area contributed by atoms with Crippen molar-refractivity contribution in [1.29, 1.82) is 0 Å². The Morgan fingerprint density at radius 1 is 1.58 bits per heavy atom. The number of urea groups is 1. The van der Waals surface area contributed by atoms with Crippen LogP contribution in [-0.4, -0.2) is 34.6 Å². The van der Waals surface area contributed by atoms with Crippen LogP contribution >= 0.6 is 11.3 Å². The third-order valence-electron chi connectivity index (χ3n) is 3.72. The molecule has 3 atom stereocenters. The standard InChI is InChI=1S/C13H18N2O3S/c1-8(10-4-6-19-7-10)14-13(18)15-5-3-11(9(15)2)12(16)17/h4,6-9,11H,3,5H2,1-2H3,(H,14,18)(H,16,17). The molecular formula is C13H18N2O3S. The highest BCUT2D eigenvalue weighted by molar-refractivity contribution is 7.07. The van der Waals surface area contributed by atoms with Gasteiger partial charge in [-0.15, -0.1) is 0 Å². The molecule has 2 N–H and O–H groups in total. The van der Waals surface area contributed by atoms with E-state index in [1.54, 1.807) is 23.2 Å². The van der Waals surface area contributed by atoms with Crippen LogP contribution in [0.1, 0.15) is 31.9 Å². The largest absolute Gasteiger partial charge is 0.481 e. The topological polar surface area (TPSA) is 69.6 Å². The van der Waals surface area contributed by atoms with Crippen LogP contribution < -0.4 is 5.32 Å². The molecule has 1 fully saturated rings. The van der Waals surface area contributed by atoms with Crippen molar-refractivity contribution in [3.63, 3.8) is 0 Å². The first-order valence-corrected chi connectivity index (χ1v) is 7.27. The van der Waals surface area contributed by atoms with Crippen LogP contribution in [0.5, 0.6) is 0 Å². The van der Waals surface area contributed by atoms with Gasteiger partial charge in [0, 0.05) is 12.6 Å². The molecule has 1 aliphatic heterocycles. The molecule has 1 aromatic heterocycles. The van der Waals surface area contributed by atoms with Gasteiger partial charge in [0.2, 0.25) is 0 Å². The van der Waals surface area contributed by atoms with Crippen LogP contribution in [0.4, 0.5) is 4.79 Å². The van der Waals surface area contributed by atoms with Crippen molar-refractivity contribution in [2.75, 3.05) is 6.54 Å². The second kappa shape index (κ2) is 5.61. The lowest BCUT2D eigenvalue weighted by Crippen LogP contribution is -2.44. The summed E-state index contributed by atoms with van der Waals surface area (Å²) >= 11 is 1.59. The predicted molar refractivity (Wildman–Crippen MR) is 73.2 cm³/mol. The Balaban J connectivity index is 1.96. The molecule has 5 nitrogen and oxygen atoms in total. The maximum Gasteiger partial charge on any atom is 0.318 e. The minimum Gasteiger partial charge on any atom is -0.481 e. The summed E-state index contributed by atoms with van der Waals surface area (Å²) in [6.45, 7) is 4.22. The van der Waals surface area contributed by atoms with Crippen molar-refractivity contribution >= 4 is 23.3 Å². The summed E-state index contributed by atoms with van der Waals surface area (Å²) in [7, 11) is 0. The average Bonchev–Trinajstić information content (AvgIpc) is 2.96. The number of hydrogen-bond acceptors (Lipinski definition) is 3. The Morgan fingerprint density at radius 3 is 2.84 bits per heavy atom. The summed E-state index contributed by atoms with van der Waals surface area (Å²) in [4.78, 5) is 24.8. The molecule has 1 saturated heterocycles. The van der Waals surface area contributed by atoms with Crippen molar-refractivity contribution in [2.24, 2.45) is 5.92 Å². The second-order valence-electron chi connectivity index (χ2n) is 4.90. The third-order valence-corrected chi connectivity index (χ3v) is 4.42. The first kappa shape index (κ1) is 13.9. The van der Waals surface area contributed by atoms with E-state index in [2.05, 4.69) is 5.32 Å². The highest BCUT2D eigenvalue weighted by Crippen LogP contribution is 2.25. The van der Waals surface area contributed by atoms with E-state index in [0.717, 1.165) is 5.56 Å². The first-order valence-electron chi connectivity index (χ1n) is 6.32. The molecule has 0 saturated carbocycles. The fourth-order valence-electron chi connectivity index (χ4n) is 2.43. The molecule has 19 heavy (non-hydrogen) atoms. The number of carboxylic acid groups (broad SMARTS) is 1. The number of carbonyl (C=O) groups is 2. The van der Waals surface area contributed by atoms with E-state index in [4.69, 9.17) is 5.11 Å². The van der Waals surface area contributed by atoms with Gasteiger partial charge >= 0.3 is 12.0 Å². The molecule has 6 heteroatoms. The van der Waals surface area contributed by atoms with Crippen LogP contribution in [-0.2, 0) is 4.79 Å². The van der Waals surface area contributed by atoms with E-state index in [0.29, 0.717) is 13.0 Å². The smallest absolute Gasteiger partial charge is 0.318 e. The highest BCUT2D eigenvalue weighted by Gasteiger charge is 2.38. The van der Waals surface area contributed by atoms with Crippen LogP contribution in [0.15, 0.2) is 16.8 Å². The fraction of sp³-hybridized carbons (Fsp3) is 0.538. The van der Waals surface area contributed by atoms with E-state index in [9.17, 15) is 9.59 Å². The fourth-order valence-corrected chi connectivity index (χ4v) is 3.18.